The molecule has 0 atom stereocenters. The van der Waals surface area contributed by atoms with Crippen molar-refractivity contribution in [3.05, 3.63) is 71.3 Å². The summed E-state index contributed by atoms with van der Waals surface area (Å²) in [6, 6.07) is 19.7. The van der Waals surface area contributed by atoms with Gasteiger partial charge in [-0.2, -0.15) is 0 Å². The number of hydrogen-bond acceptors (Lipinski definition) is 2. The standard InChI is InChI=1S/2C7H8N.2C4H8O.2BrH.Ti/c2*1-8-7-5-3-2-4-6-7;2*1-2-4-5-3-1;;;/h2*2-6H,1H3;2*1-4H2;2*1H;/q2*-1;;;;;+4/p-2. The summed E-state index contributed by atoms with van der Waals surface area (Å²) in [7, 11) is 3.57. The molecule has 7 heteroatoms. The maximum absolute atomic E-state index is 4.94. The number of ether oxygens (including phenoxy) is 2. The minimum Gasteiger partial charge on any atom is -1.00 e. The Morgan fingerprint density at radius 3 is 0.966 bits per heavy atom. The van der Waals surface area contributed by atoms with Crippen molar-refractivity contribution in [2.45, 2.75) is 25.7 Å². The average molecular weight is 564 g/mol. The van der Waals surface area contributed by atoms with Crippen molar-refractivity contribution in [3.8, 4) is 0 Å². The molecule has 4 rings (SSSR count). The molecule has 0 N–H and O–H groups in total. The van der Waals surface area contributed by atoms with Crippen LogP contribution in [0.1, 0.15) is 25.7 Å². The Bertz CT molecular complexity index is 464. The Hall–Kier alpha value is -0.366. The molecule has 2 aromatic rings. The summed E-state index contributed by atoms with van der Waals surface area (Å²) in [6.07, 6.45) is 5.11. The van der Waals surface area contributed by atoms with Crippen LogP contribution in [0.25, 0.3) is 10.6 Å². The van der Waals surface area contributed by atoms with Crippen LogP contribution in [0.4, 0.5) is 11.4 Å². The topological polar surface area (TPSA) is 46.7 Å². The number of halogens is 2. The van der Waals surface area contributed by atoms with Gasteiger partial charge in [-0.05, 0) is 25.7 Å². The second kappa shape index (κ2) is 25.7. The summed E-state index contributed by atoms with van der Waals surface area (Å²) in [6.45, 7) is 4.00. The van der Waals surface area contributed by atoms with Crippen molar-refractivity contribution in [1.82, 2.24) is 0 Å². The third kappa shape index (κ3) is 20.7. The molecule has 0 radical (unpaired) electrons. The first-order valence-electron chi connectivity index (χ1n) is 9.32. The number of hydrogen-bond donors (Lipinski definition) is 0. The molecule has 2 fully saturated rings. The first-order chi connectivity index (χ1) is 12.9. The van der Waals surface area contributed by atoms with E-state index in [2.05, 4.69) is 10.6 Å². The molecule has 160 valence electrons. The summed E-state index contributed by atoms with van der Waals surface area (Å²) >= 11 is 0. The second-order valence-electron chi connectivity index (χ2n) is 5.76. The van der Waals surface area contributed by atoms with Gasteiger partial charge >= 0.3 is 21.7 Å². The van der Waals surface area contributed by atoms with Crippen LogP contribution in [0.3, 0.4) is 0 Å². The molecule has 0 aromatic heterocycles. The van der Waals surface area contributed by atoms with Crippen molar-refractivity contribution in [2.24, 2.45) is 0 Å². The molecule has 0 amide bonds. The summed E-state index contributed by atoms with van der Waals surface area (Å²) in [5, 5.41) is 7.94. The first-order valence-corrected chi connectivity index (χ1v) is 9.32. The van der Waals surface area contributed by atoms with E-state index in [0.717, 1.165) is 37.8 Å². The van der Waals surface area contributed by atoms with Crippen LogP contribution in [0.5, 0.6) is 0 Å². The van der Waals surface area contributed by atoms with E-state index in [4.69, 9.17) is 9.47 Å². The van der Waals surface area contributed by atoms with E-state index in [9.17, 15) is 0 Å². The monoisotopic (exact) mass is 562 g/mol. The Balaban J connectivity index is -0.000000306. The quantitative estimate of drug-likeness (QED) is 0.492. The van der Waals surface area contributed by atoms with Crippen molar-refractivity contribution in [2.75, 3.05) is 40.5 Å². The van der Waals surface area contributed by atoms with Crippen LogP contribution < -0.4 is 34.0 Å². The molecular formula is C22H32Br2N2O2Ti. The Kier molecular flexibility index (Phi) is 29.5. The third-order valence-corrected chi connectivity index (χ3v) is 3.68. The van der Waals surface area contributed by atoms with Gasteiger partial charge in [0.1, 0.15) is 0 Å². The molecule has 0 spiro atoms. The molecule has 29 heavy (non-hydrogen) atoms. The molecule has 0 aliphatic carbocycles. The second-order valence-corrected chi connectivity index (χ2v) is 5.76. The largest absolute Gasteiger partial charge is 4.00 e. The SMILES string of the molecule is C1CCOC1.C1CCOC1.C[N-]c1ccccc1.C[N-]c1ccccc1.[Br-].[Br-].[Ti+4]. The molecule has 2 aliphatic rings. The van der Waals surface area contributed by atoms with Gasteiger partial charge in [0.15, 0.2) is 0 Å². The maximum Gasteiger partial charge on any atom is 4.00 e. The van der Waals surface area contributed by atoms with Crippen LogP contribution in [0.2, 0.25) is 0 Å². The fourth-order valence-corrected chi connectivity index (χ4v) is 2.17. The van der Waals surface area contributed by atoms with Gasteiger partial charge in [0.2, 0.25) is 0 Å². The summed E-state index contributed by atoms with van der Waals surface area (Å²) < 4.78 is 9.89. The average Bonchev–Trinajstić information content (AvgIpc) is 3.48. The van der Waals surface area contributed by atoms with Gasteiger partial charge in [-0.3, -0.25) is 0 Å². The zero-order valence-electron chi connectivity index (χ0n) is 17.4. The van der Waals surface area contributed by atoms with Crippen LogP contribution in [0.15, 0.2) is 60.7 Å². The fourth-order valence-electron chi connectivity index (χ4n) is 2.17. The summed E-state index contributed by atoms with van der Waals surface area (Å²) in [4.78, 5) is 0. The molecule has 0 saturated carbocycles. The van der Waals surface area contributed by atoms with E-state index in [1.54, 1.807) is 14.1 Å². The van der Waals surface area contributed by atoms with Gasteiger partial charge in [0, 0.05) is 26.4 Å². The molecule has 0 unspecified atom stereocenters. The maximum atomic E-state index is 4.94. The van der Waals surface area contributed by atoms with E-state index >= 15 is 0 Å². The molecule has 2 saturated heterocycles. The van der Waals surface area contributed by atoms with Crippen LogP contribution in [-0.4, -0.2) is 40.5 Å². The minimum absolute atomic E-state index is 0. The van der Waals surface area contributed by atoms with Crippen LogP contribution in [-0.2, 0) is 31.2 Å². The van der Waals surface area contributed by atoms with Gasteiger partial charge < -0.3 is 54.1 Å². The normalized spacial score (nSPS) is 13.0. The Labute approximate surface area is 213 Å². The van der Waals surface area contributed by atoms with Crippen LogP contribution >= 0.6 is 0 Å². The number of benzene rings is 2. The number of rotatable bonds is 2. The van der Waals surface area contributed by atoms with E-state index in [0.29, 0.717) is 0 Å². The Morgan fingerprint density at radius 1 is 0.552 bits per heavy atom. The van der Waals surface area contributed by atoms with Gasteiger partial charge in [0.05, 0.1) is 0 Å². The van der Waals surface area contributed by atoms with E-state index in [1.807, 2.05) is 60.7 Å². The van der Waals surface area contributed by atoms with Gasteiger partial charge in [-0.15, -0.1) is 25.5 Å². The molecule has 2 aliphatic heterocycles. The zero-order chi connectivity index (χ0) is 18.7. The minimum atomic E-state index is 0. The van der Waals surface area contributed by atoms with E-state index in [1.165, 1.54) is 25.7 Å². The fraction of sp³-hybridized carbons (Fsp3) is 0.455. The molecule has 2 heterocycles. The van der Waals surface area contributed by atoms with E-state index < -0.39 is 0 Å². The molecule has 0 bridgehead atoms. The van der Waals surface area contributed by atoms with Gasteiger partial charge in [0.25, 0.3) is 0 Å². The summed E-state index contributed by atoms with van der Waals surface area (Å²) in [5.74, 6) is 0. The van der Waals surface area contributed by atoms with Crippen molar-refractivity contribution >= 4 is 11.4 Å². The molecular weight excluding hydrogens is 532 g/mol. The van der Waals surface area contributed by atoms with Crippen molar-refractivity contribution < 1.29 is 65.2 Å². The smallest absolute Gasteiger partial charge is 1.00 e. The van der Waals surface area contributed by atoms with Crippen molar-refractivity contribution in [3.63, 3.8) is 0 Å². The summed E-state index contributed by atoms with van der Waals surface area (Å²) in [5.41, 5.74) is 2.07. The zero-order valence-corrected chi connectivity index (χ0v) is 22.1. The van der Waals surface area contributed by atoms with E-state index in [-0.39, 0.29) is 55.7 Å². The predicted molar refractivity (Wildman–Crippen MR) is 111 cm³/mol. The molecule has 2 aromatic carbocycles. The van der Waals surface area contributed by atoms with Crippen molar-refractivity contribution in [1.29, 1.82) is 0 Å². The molecule has 4 nitrogen and oxygen atoms in total. The van der Waals surface area contributed by atoms with Gasteiger partial charge in [-0.1, -0.05) is 60.7 Å². The third-order valence-electron chi connectivity index (χ3n) is 3.68. The predicted octanol–water partition coefficient (Wildman–Crippen LogP) is 0.242. The van der Waals surface area contributed by atoms with Gasteiger partial charge in [-0.25, -0.2) is 0 Å². The first kappa shape index (κ1) is 33.3. The number of para-hydroxylation sites is 2. The number of nitrogens with zero attached hydrogens (tertiary/aromatic N) is 2. The Morgan fingerprint density at radius 2 is 0.828 bits per heavy atom. The van der Waals surface area contributed by atoms with Crippen LogP contribution in [0, 0.1) is 0 Å².